The fourth-order valence-corrected chi connectivity index (χ4v) is 5.61. The van der Waals surface area contributed by atoms with E-state index in [0.29, 0.717) is 23.0 Å². The highest BCUT2D eigenvalue weighted by molar-refractivity contribution is 8.18. The van der Waals surface area contributed by atoms with Crippen LogP contribution < -0.4 is 29.6 Å². The molecule has 4 aromatic rings. The molecule has 2 aliphatic rings. The van der Waals surface area contributed by atoms with E-state index >= 15 is 0 Å². The molecule has 49 heavy (non-hydrogen) atoms. The fourth-order valence-electron chi connectivity index (χ4n) is 4.24. The Morgan fingerprint density at radius 1 is 0.510 bits per heavy atom. The van der Waals surface area contributed by atoms with E-state index in [-0.39, 0.29) is 32.2 Å². The number of methoxy groups -OCH3 is 2. The molecule has 0 aromatic heterocycles. The topological polar surface area (TPSA) is 129 Å². The van der Waals surface area contributed by atoms with E-state index in [4.69, 9.17) is 18.9 Å². The van der Waals surface area contributed by atoms with E-state index in [1.54, 1.807) is 26.4 Å². The monoisotopic (exact) mass is 716 g/mol. The van der Waals surface area contributed by atoms with Crippen molar-refractivity contribution in [3.63, 3.8) is 0 Å². The average Bonchev–Trinajstić information content (AvgIpc) is 3.60. The molecule has 0 aliphatic carbocycles. The number of benzene rings is 4. The quantitative estimate of drug-likeness (QED) is 0.128. The molecule has 4 amide bonds. The van der Waals surface area contributed by atoms with Gasteiger partial charge in [0.15, 0.2) is 0 Å². The summed E-state index contributed by atoms with van der Waals surface area (Å²) in [7, 11) is 3.26. The van der Waals surface area contributed by atoms with Crippen molar-refractivity contribution in [3.8, 4) is 23.0 Å². The predicted octanol–water partition coefficient (Wildman–Crippen LogP) is 7.25. The minimum Gasteiger partial charge on any atom is -0.497 e. The maximum atomic E-state index is 11.5. The number of carbonyl (C=O) groups excluding carboxylic acids is 4. The average molecular weight is 717 g/mol. The Bertz CT molecular complexity index is 1710. The lowest BCUT2D eigenvalue weighted by Gasteiger charge is -2.07. The van der Waals surface area contributed by atoms with Gasteiger partial charge >= 0.3 is 0 Å². The van der Waals surface area contributed by atoms with E-state index in [1.807, 2.05) is 97.1 Å². The maximum Gasteiger partial charge on any atom is 0.290 e. The van der Waals surface area contributed by atoms with Crippen LogP contribution in [0.1, 0.15) is 22.3 Å². The molecule has 13 heteroatoms. The summed E-state index contributed by atoms with van der Waals surface area (Å²) in [6.45, 7) is 0.911. The Labute approximate surface area is 295 Å². The summed E-state index contributed by atoms with van der Waals surface area (Å²) in [6, 6.07) is 30.0. The van der Waals surface area contributed by atoms with Crippen LogP contribution in [0.15, 0.2) is 107 Å². The lowest BCUT2D eigenvalue weighted by molar-refractivity contribution is -0.116. The Hall–Kier alpha value is -5.03. The first-order chi connectivity index (χ1) is 23.3. The largest absolute Gasteiger partial charge is 0.497 e. The number of hydrogen-bond acceptors (Lipinski definition) is 10. The van der Waals surface area contributed by atoms with E-state index in [0.717, 1.165) is 68.8 Å². The number of carbonyl (C=O) groups is 4. The smallest absolute Gasteiger partial charge is 0.290 e. The van der Waals surface area contributed by atoms with Crippen LogP contribution in [0.3, 0.4) is 0 Å². The van der Waals surface area contributed by atoms with Crippen LogP contribution in [-0.2, 0) is 22.8 Å². The van der Waals surface area contributed by atoms with Crippen LogP contribution in [0, 0.1) is 0 Å². The van der Waals surface area contributed by atoms with E-state index < -0.39 is 0 Å². The first-order valence-electron chi connectivity index (χ1n) is 14.5. The zero-order valence-electron chi connectivity index (χ0n) is 26.6. The number of ether oxygens (including phenoxy) is 4. The Morgan fingerprint density at radius 3 is 1.12 bits per heavy atom. The molecule has 2 aliphatic heterocycles. The third kappa shape index (κ3) is 11.0. The van der Waals surface area contributed by atoms with Crippen molar-refractivity contribution in [2.75, 3.05) is 14.2 Å². The summed E-state index contributed by atoms with van der Waals surface area (Å²) < 4.78 is 21.7. The minimum atomic E-state index is -0.357. The molecule has 2 heterocycles. The standard InChI is InChI=1S/2C18H15NO4S.H3P/c2*1-22-14-6-4-13(5-7-14)11-23-15-8-2-12(3-9-15)10-16-17(20)19-18(21)24-16;/h2*2-10H,11H2,1H3,(H,19,20,21);1H3. The predicted molar refractivity (Wildman–Crippen MR) is 197 cm³/mol. The number of imide groups is 2. The van der Waals surface area contributed by atoms with Gasteiger partial charge in [-0.1, -0.05) is 48.5 Å². The normalized spacial score (nSPS) is 15.1. The van der Waals surface area contributed by atoms with Gasteiger partial charge in [-0.3, -0.25) is 29.8 Å². The maximum absolute atomic E-state index is 11.5. The second-order valence-electron chi connectivity index (χ2n) is 10.1. The molecular weight excluding hydrogens is 684 g/mol. The molecule has 0 bridgehead atoms. The summed E-state index contributed by atoms with van der Waals surface area (Å²) in [6.07, 6.45) is 3.36. The van der Waals surface area contributed by atoms with Gasteiger partial charge < -0.3 is 18.9 Å². The zero-order chi connectivity index (χ0) is 33.9. The molecule has 4 aromatic carbocycles. The first kappa shape index (κ1) is 36.8. The molecule has 2 saturated heterocycles. The van der Waals surface area contributed by atoms with Crippen molar-refractivity contribution >= 4 is 67.9 Å². The molecule has 252 valence electrons. The number of nitrogens with one attached hydrogen (secondary N) is 2. The van der Waals surface area contributed by atoms with Gasteiger partial charge in [-0.25, -0.2) is 0 Å². The minimum absolute atomic E-state index is 0. The van der Waals surface area contributed by atoms with Crippen molar-refractivity contribution < 1.29 is 38.1 Å². The SMILES string of the molecule is COc1ccc(COc2ccc(C=C3SC(=O)NC3=O)cc2)cc1.COc1ccc(COc2ccc(C=C3SC(=O)NC3=O)cc2)cc1.P. The van der Waals surface area contributed by atoms with Gasteiger partial charge in [0, 0.05) is 0 Å². The summed E-state index contributed by atoms with van der Waals surface area (Å²) in [5, 5.41) is 3.77. The number of hydrogen-bond donors (Lipinski definition) is 2. The van der Waals surface area contributed by atoms with Crippen molar-refractivity contribution in [1.82, 2.24) is 10.6 Å². The van der Waals surface area contributed by atoms with Gasteiger partial charge in [0.25, 0.3) is 22.3 Å². The summed E-state index contributed by atoms with van der Waals surface area (Å²) in [4.78, 5) is 46.1. The molecule has 6 rings (SSSR count). The third-order valence-corrected chi connectivity index (χ3v) is 8.39. The van der Waals surface area contributed by atoms with Crippen LogP contribution in [0.4, 0.5) is 9.59 Å². The molecule has 1 unspecified atom stereocenters. The highest BCUT2D eigenvalue weighted by Gasteiger charge is 2.25. The second-order valence-corrected chi connectivity index (χ2v) is 12.1. The van der Waals surface area contributed by atoms with Gasteiger partial charge in [-0.2, -0.15) is 9.90 Å². The number of rotatable bonds is 10. The summed E-state index contributed by atoms with van der Waals surface area (Å²) in [5.74, 6) is 2.36. The van der Waals surface area contributed by atoms with Gasteiger partial charge in [0.1, 0.15) is 36.2 Å². The highest BCUT2D eigenvalue weighted by Crippen LogP contribution is 2.27. The number of thioether (sulfide) groups is 2. The van der Waals surface area contributed by atoms with Crippen LogP contribution in [0.2, 0.25) is 0 Å². The van der Waals surface area contributed by atoms with Crippen molar-refractivity contribution in [3.05, 3.63) is 129 Å². The van der Waals surface area contributed by atoms with Gasteiger partial charge in [0.2, 0.25) is 0 Å². The summed E-state index contributed by atoms with van der Waals surface area (Å²) >= 11 is 1.81. The molecule has 1 atom stereocenters. The van der Waals surface area contributed by atoms with E-state index in [1.165, 1.54) is 0 Å². The van der Waals surface area contributed by atoms with E-state index in [9.17, 15) is 19.2 Å². The molecule has 0 spiro atoms. The van der Waals surface area contributed by atoms with Gasteiger partial charge in [-0.05, 0) is 106 Å². The van der Waals surface area contributed by atoms with Crippen molar-refractivity contribution in [2.45, 2.75) is 13.2 Å². The zero-order valence-corrected chi connectivity index (χ0v) is 29.6. The molecule has 10 nitrogen and oxygen atoms in total. The van der Waals surface area contributed by atoms with Gasteiger partial charge in [-0.15, -0.1) is 0 Å². The molecule has 2 N–H and O–H groups in total. The van der Waals surface area contributed by atoms with Crippen LogP contribution >= 0.6 is 33.4 Å². The first-order valence-corrected chi connectivity index (χ1v) is 16.1. The van der Waals surface area contributed by atoms with Gasteiger partial charge in [0.05, 0.1) is 24.0 Å². The molecular formula is C36H33N2O8PS2. The Morgan fingerprint density at radius 2 is 0.837 bits per heavy atom. The van der Waals surface area contributed by atoms with E-state index in [2.05, 4.69) is 10.6 Å². The molecule has 0 saturated carbocycles. The van der Waals surface area contributed by atoms with Crippen molar-refractivity contribution in [2.24, 2.45) is 0 Å². The number of amides is 4. The third-order valence-electron chi connectivity index (χ3n) is 6.77. The van der Waals surface area contributed by atoms with Crippen LogP contribution in [0.5, 0.6) is 23.0 Å². The Kier molecular flexibility index (Phi) is 13.5. The second kappa shape index (κ2) is 17.9. The van der Waals surface area contributed by atoms with Crippen LogP contribution in [-0.4, -0.2) is 36.5 Å². The summed E-state index contributed by atoms with van der Waals surface area (Å²) in [5.41, 5.74) is 3.75. The lowest BCUT2D eigenvalue weighted by atomic mass is 10.2. The lowest BCUT2D eigenvalue weighted by Crippen LogP contribution is -2.17. The molecule has 2 fully saturated rings. The highest BCUT2D eigenvalue weighted by atomic mass is 32.2. The van der Waals surface area contributed by atoms with Crippen molar-refractivity contribution in [1.29, 1.82) is 0 Å². The van der Waals surface area contributed by atoms with Crippen LogP contribution in [0.25, 0.3) is 12.2 Å². The molecule has 0 radical (unpaired) electrons. The Balaban J connectivity index is 0.000000216. The fraction of sp³-hybridized carbons (Fsp3) is 0.111.